The molecule has 0 radical (unpaired) electrons. The Hall–Kier alpha value is -2.56. The van der Waals surface area contributed by atoms with Gasteiger partial charge in [0, 0.05) is 42.7 Å². The second-order valence-corrected chi connectivity index (χ2v) is 6.60. The Morgan fingerprint density at radius 1 is 1.15 bits per heavy atom. The summed E-state index contributed by atoms with van der Waals surface area (Å²) >= 11 is 0. The molecule has 26 heavy (non-hydrogen) atoms. The number of hydrogen-bond acceptors (Lipinski definition) is 3. The molecule has 2 aromatic carbocycles. The first kappa shape index (κ1) is 16.9. The highest BCUT2D eigenvalue weighted by Gasteiger charge is 2.13. The third-order valence-corrected chi connectivity index (χ3v) is 5.03. The van der Waals surface area contributed by atoms with Gasteiger partial charge in [-0.05, 0) is 47.0 Å². The smallest absolute Gasteiger partial charge is 0.119 e. The summed E-state index contributed by atoms with van der Waals surface area (Å²) < 4.78 is 7.79. The minimum absolute atomic E-state index is 0.0237. The van der Waals surface area contributed by atoms with Gasteiger partial charge in [0.05, 0.1) is 13.7 Å². The summed E-state index contributed by atoms with van der Waals surface area (Å²) in [5.41, 5.74) is 6.06. The summed E-state index contributed by atoms with van der Waals surface area (Å²) in [7, 11) is 1.67. The zero-order chi connectivity index (χ0) is 17.9. The predicted octanol–water partition coefficient (Wildman–Crippen LogP) is 3.47. The van der Waals surface area contributed by atoms with Crippen molar-refractivity contribution in [1.82, 2.24) is 9.88 Å². The van der Waals surface area contributed by atoms with Crippen LogP contribution in [0.1, 0.15) is 11.3 Å². The Kier molecular flexibility index (Phi) is 4.78. The molecule has 0 saturated heterocycles. The molecule has 1 aliphatic rings. The largest absolute Gasteiger partial charge is 0.497 e. The van der Waals surface area contributed by atoms with E-state index in [1.165, 1.54) is 22.2 Å². The van der Waals surface area contributed by atoms with Crippen molar-refractivity contribution in [3.05, 3.63) is 59.8 Å². The van der Waals surface area contributed by atoms with Crippen molar-refractivity contribution in [1.29, 1.82) is 0 Å². The topological polar surface area (TPSA) is 46.4 Å². The molecule has 4 rings (SSSR count). The summed E-state index contributed by atoms with van der Waals surface area (Å²) in [6.07, 6.45) is 4.77. The highest BCUT2D eigenvalue weighted by Crippen LogP contribution is 2.32. The molecule has 4 nitrogen and oxygen atoms in total. The molecule has 0 atom stereocenters. The molecule has 0 amide bonds. The van der Waals surface area contributed by atoms with Gasteiger partial charge in [0.2, 0.25) is 0 Å². The van der Waals surface area contributed by atoms with Crippen molar-refractivity contribution in [2.75, 3.05) is 26.8 Å². The Labute approximate surface area is 153 Å². The molecule has 1 aromatic heterocycles. The number of methoxy groups -OCH3 is 1. The number of rotatable bonds is 4. The number of nitrogens with one attached hydrogen (secondary N) is 1. The second-order valence-electron chi connectivity index (χ2n) is 6.60. The van der Waals surface area contributed by atoms with Crippen LogP contribution in [0.4, 0.5) is 0 Å². The van der Waals surface area contributed by atoms with E-state index in [4.69, 9.17) is 9.84 Å². The molecule has 134 valence electrons. The third kappa shape index (κ3) is 3.14. The number of aliphatic hydroxyl groups is 1. The normalized spacial score (nSPS) is 14.5. The number of nitrogens with zero attached hydrogens (tertiary/aromatic N) is 1. The molecular weight excluding hydrogens is 324 g/mol. The molecular formula is C22H24N2O2. The number of fused-ring (bicyclic) bond motifs is 3. The van der Waals surface area contributed by atoms with Gasteiger partial charge >= 0.3 is 0 Å². The Balaban J connectivity index is 1.80. The number of aromatic nitrogens is 1. The van der Waals surface area contributed by atoms with Crippen LogP contribution in [-0.2, 0) is 13.0 Å². The van der Waals surface area contributed by atoms with Gasteiger partial charge in [0.1, 0.15) is 5.75 Å². The maximum absolute atomic E-state index is 9.15. The fourth-order valence-corrected chi connectivity index (χ4v) is 3.75. The lowest BCUT2D eigenvalue weighted by molar-refractivity contribution is 0.343. The van der Waals surface area contributed by atoms with Crippen LogP contribution in [-0.4, -0.2) is 36.5 Å². The van der Waals surface area contributed by atoms with Crippen LogP contribution < -0.4 is 10.1 Å². The van der Waals surface area contributed by atoms with E-state index in [-0.39, 0.29) is 6.61 Å². The van der Waals surface area contributed by atoms with Crippen molar-refractivity contribution in [3.63, 3.8) is 0 Å². The molecule has 4 heteroatoms. The van der Waals surface area contributed by atoms with Crippen LogP contribution >= 0.6 is 0 Å². The van der Waals surface area contributed by atoms with Crippen molar-refractivity contribution in [3.8, 4) is 16.9 Å². The van der Waals surface area contributed by atoms with E-state index >= 15 is 0 Å². The van der Waals surface area contributed by atoms with Gasteiger partial charge in [0.15, 0.2) is 0 Å². The van der Waals surface area contributed by atoms with Gasteiger partial charge in [-0.15, -0.1) is 0 Å². The first-order valence-electron chi connectivity index (χ1n) is 9.09. The molecule has 0 saturated carbocycles. The van der Waals surface area contributed by atoms with E-state index in [1.54, 1.807) is 13.2 Å². The van der Waals surface area contributed by atoms with Gasteiger partial charge < -0.3 is 19.7 Å². The fourth-order valence-electron chi connectivity index (χ4n) is 3.75. The van der Waals surface area contributed by atoms with Crippen LogP contribution in [0.2, 0.25) is 0 Å². The molecule has 0 fully saturated rings. The Morgan fingerprint density at radius 3 is 2.92 bits per heavy atom. The Bertz CT molecular complexity index is 956. The molecule has 3 aromatic rings. The Morgan fingerprint density at radius 2 is 2.08 bits per heavy atom. The number of benzene rings is 2. The van der Waals surface area contributed by atoms with Crippen LogP contribution in [0.3, 0.4) is 0 Å². The standard InChI is InChI=1S/C22H24N2O2/c1-26-20-5-6-21(16(15-20)3-2-12-25)17-4-7-22-18(13-17)14-19-8-9-23-10-11-24(19)22/h2-7,13-15,23,25H,8-12H2,1H3. The zero-order valence-electron chi connectivity index (χ0n) is 15.0. The monoisotopic (exact) mass is 348 g/mol. The molecule has 0 bridgehead atoms. The average Bonchev–Trinajstić information content (AvgIpc) is 2.85. The molecule has 2 N–H and O–H groups in total. The zero-order valence-corrected chi connectivity index (χ0v) is 15.0. The average molecular weight is 348 g/mol. The summed E-state index contributed by atoms with van der Waals surface area (Å²) in [5, 5.41) is 13.9. The number of hydrogen-bond donors (Lipinski definition) is 2. The summed E-state index contributed by atoms with van der Waals surface area (Å²) in [6, 6.07) is 15.1. The molecule has 0 spiro atoms. The minimum Gasteiger partial charge on any atom is -0.497 e. The molecule has 0 unspecified atom stereocenters. The van der Waals surface area contributed by atoms with Crippen molar-refractivity contribution in [2.45, 2.75) is 13.0 Å². The van der Waals surface area contributed by atoms with E-state index < -0.39 is 0 Å². The van der Waals surface area contributed by atoms with E-state index in [2.05, 4.69) is 40.2 Å². The van der Waals surface area contributed by atoms with Crippen LogP contribution in [0, 0.1) is 0 Å². The van der Waals surface area contributed by atoms with Crippen molar-refractivity contribution < 1.29 is 9.84 Å². The highest BCUT2D eigenvalue weighted by atomic mass is 16.5. The maximum atomic E-state index is 9.15. The summed E-state index contributed by atoms with van der Waals surface area (Å²) in [5.74, 6) is 0.815. The van der Waals surface area contributed by atoms with Gasteiger partial charge in [-0.1, -0.05) is 24.3 Å². The van der Waals surface area contributed by atoms with Crippen LogP contribution in [0.15, 0.2) is 48.5 Å². The fraction of sp³-hybridized carbons (Fsp3) is 0.273. The van der Waals surface area contributed by atoms with E-state index in [9.17, 15) is 0 Å². The lowest BCUT2D eigenvalue weighted by Gasteiger charge is -2.10. The molecule has 2 heterocycles. The lowest BCUT2D eigenvalue weighted by Crippen LogP contribution is -2.17. The quantitative estimate of drug-likeness (QED) is 0.759. The van der Waals surface area contributed by atoms with Gasteiger partial charge in [-0.3, -0.25) is 0 Å². The summed E-state index contributed by atoms with van der Waals surface area (Å²) in [4.78, 5) is 0. The van der Waals surface area contributed by atoms with E-state index in [0.717, 1.165) is 42.9 Å². The number of aliphatic hydroxyl groups excluding tert-OH is 1. The maximum Gasteiger partial charge on any atom is 0.119 e. The molecule has 1 aliphatic heterocycles. The van der Waals surface area contributed by atoms with Crippen molar-refractivity contribution in [2.24, 2.45) is 0 Å². The van der Waals surface area contributed by atoms with Gasteiger partial charge in [0.25, 0.3) is 0 Å². The SMILES string of the molecule is COc1ccc(-c2ccc3c(c2)cc2n3CCNCC2)c(C=CCO)c1. The van der Waals surface area contributed by atoms with Crippen LogP contribution in [0.25, 0.3) is 28.1 Å². The van der Waals surface area contributed by atoms with Crippen molar-refractivity contribution >= 4 is 17.0 Å². The van der Waals surface area contributed by atoms with Crippen LogP contribution in [0.5, 0.6) is 5.75 Å². The van der Waals surface area contributed by atoms with E-state index in [0.29, 0.717) is 0 Å². The number of ether oxygens (including phenoxy) is 1. The van der Waals surface area contributed by atoms with E-state index in [1.807, 2.05) is 18.2 Å². The second kappa shape index (κ2) is 7.36. The predicted molar refractivity (Wildman–Crippen MR) is 107 cm³/mol. The molecule has 0 aliphatic carbocycles. The lowest BCUT2D eigenvalue weighted by atomic mass is 9.98. The highest BCUT2D eigenvalue weighted by molar-refractivity contribution is 5.88. The van der Waals surface area contributed by atoms with Gasteiger partial charge in [-0.2, -0.15) is 0 Å². The third-order valence-electron chi connectivity index (χ3n) is 5.03. The summed E-state index contributed by atoms with van der Waals surface area (Å²) in [6.45, 7) is 3.10. The first-order valence-corrected chi connectivity index (χ1v) is 9.09. The first-order chi connectivity index (χ1) is 12.8. The minimum atomic E-state index is 0.0237. The van der Waals surface area contributed by atoms with Gasteiger partial charge in [-0.25, -0.2) is 0 Å².